The highest BCUT2D eigenvalue weighted by atomic mass is 35.5. The first kappa shape index (κ1) is 27.2. The molecule has 0 spiro atoms. The SMILES string of the molecule is CCC(NC(=O)c1c(C)c2cc(Cl)ccc2n1C)c1cc(F)cc(Oc2ccc(CCC(=O)O)c(C)c2)c1. The lowest BCUT2D eigenvalue weighted by atomic mass is 10.0. The molecular formula is C30H30ClFN2O4. The van der Waals surface area contributed by atoms with Gasteiger partial charge in [-0.2, -0.15) is 0 Å². The second-order valence-electron chi connectivity index (χ2n) is 9.43. The molecule has 1 heterocycles. The highest BCUT2D eigenvalue weighted by Crippen LogP contribution is 2.31. The summed E-state index contributed by atoms with van der Waals surface area (Å²) in [6.07, 6.45) is 1.01. The van der Waals surface area contributed by atoms with Crippen molar-refractivity contribution >= 4 is 34.4 Å². The lowest BCUT2D eigenvalue weighted by Crippen LogP contribution is -2.30. The maximum atomic E-state index is 14.6. The molecule has 0 saturated heterocycles. The van der Waals surface area contributed by atoms with Gasteiger partial charge >= 0.3 is 5.97 Å². The minimum atomic E-state index is -0.852. The summed E-state index contributed by atoms with van der Waals surface area (Å²) in [6, 6.07) is 14.9. The van der Waals surface area contributed by atoms with Crippen LogP contribution in [0, 0.1) is 19.7 Å². The van der Waals surface area contributed by atoms with Gasteiger partial charge in [0.15, 0.2) is 0 Å². The van der Waals surface area contributed by atoms with E-state index in [1.54, 1.807) is 24.3 Å². The third-order valence-corrected chi connectivity index (χ3v) is 7.03. The van der Waals surface area contributed by atoms with Crippen LogP contribution < -0.4 is 10.1 Å². The molecule has 1 amide bonds. The Hall–Kier alpha value is -3.84. The van der Waals surface area contributed by atoms with Crippen LogP contribution in [0.15, 0.2) is 54.6 Å². The van der Waals surface area contributed by atoms with Crippen LogP contribution in [0.25, 0.3) is 10.9 Å². The number of nitrogens with zero attached hydrogens (tertiary/aromatic N) is 1. The second-order valence-corrected chi connectivity index (χ2v) is 9.87. The minimum Gasteiger partial charge on any atom is -0.481 e. The highest BCUT2D eigenvalue weighted by molar-refractivity contribution is 6.31. The van der Waals surface area contributed by atoms with Crippen molar-refractivity contribution < 1.29 is 23.8 Å². The molecule has 8 heteroatoms. The Morgan fingerprint density at radius 2 is 1.84 bits per heavy atom. The number of amides is 1. The van der Waals surface area contributed by atoms with Gasteiger partial charge in [-0.25, -0.2) is 4.39 Å². The van der Waals surface area contributed by atoms with Gasteiger partial charge in [0.1, 0.15) is 23.0 Å². The molecule has 1 aromatic heterocycles. The Kier molecular flexibility index (Phi) is 8.07. The fraction of sp³-hybridized carbons (Fsp3) is 0.267. The first-order valence-corrected chi connectivity index (χ1v) is 12.8. The number of aromatic nitrogens is 1. The molecule has 0 radical (unpaired) electrons. The zero-order chi connectivity index (χ0) is 27.6. The molecule has 198 valence electrons. The topological polar surface area (TPSA) is 80.6 Å². The normalized spacial score (nSPS) is 11.9. The summed E-state index contributed by atoms with van der Waals surface area (Å²) in [6.45, 7) is 5.69. The lowest BCUT2D eigenvalue weighted by Gasteiger charge is -2.19. The quantitative estimate of drug-likeness (QED) is 0.235. The summed E-state index contributed by atoms with van der Waals surface area (Å²) in [4.78, 5) is 24.3. The summed E-state index contributed by atoms with van der Waals surface area (Å²) >= 11 is 6.17. The van der Waals surface area contributed by atoms with Crippen molar-refractivity contribution in [3.05, 3.63) is 93.4 Å². The third kappa shape index (κ3) is 5.83. The number of benzene rings is 3. The molecular weight excluding hydrogens is 507 g/mol. The first-order chi connectivity index (χ1) is 18.1. The molecule has 0 aliphatic rings. The molecule has 38 heavy (non-hydrogen) atoms. The van der Waals surface area contributed by atoms with Crippen molar-refractivity contribution in [3.63, 3.8) is 0 Å². The van der Waals surface area contributed by atoms with E-state index < -0.39 is 17.8 Å². The van der Waals surface area contributed by atoms with Crippen molar-refractivity contribution in [2.75, 3.05) is 0 Å². The van der Waals surface area contributed by atoms with Crippen molar-refractivity contribution in [2.45, 2.75) is 46.1 Å². The van der Waals surface area contributed by atoms with E-state index in [1.807, 2.05) is 50.6 Å². The number of hydrogen-bond donors (Lipinski definition) is 2. The number of carboxylic acids is 1. The zero-order valence-corrected chi connectivity index (χ0v) is 22.5. The van der Waals surface area contributed by atoms with Crippen LogP contribution in [0.2, 0.25) is 5.02 Å². The number of aryl methyl sites for hydroxylation is 4. The molecule has 1 atom stereocenters. The number of carboxylic acid groups (broad SMARTS) is 1. The van der Waals surface area contributed by atoms with Crippen molar-refractivity contribution in [1.82, 2.24) is 9.88 Å². The standard InChI is InChI=1S/C30H30ClFN2O4/c1-5-26(33-30(37)29-18(3)25-15-21(31)8-10-27(25)34(29)4)20-13-22(32)16-24(14-20)38-23-9-6-19(17(2)12-23)7-11-28(35)36/h6,8-10,12-16,26H,5,7,11H2,1-4H3,(H,33,37)(H,35,36). The fourth-order valence-corrected chi connectivity index (χ4v) is 4.98. The summed E-state index contributed by atoms with van der Waals surface area (Å²) < 4.78 is 22.4. The van der Waals surface area contributed by atoms with Crippen LogP contribution in [-0.2, 0) is 18.3 Å². The first-order valence-electron chi connectivity index (χ1n) is 12.4. The van der Waals surface area contributed by atoms with E-state index in [4.69, 9.17) is 21.4 Å². The van der Waals surface area contributed by atoms with Gasteiger partial charge in [-0.3, -0.25) is 9.59 Å². The maximum absolute atomic E-state index is 14.6. The van der Waals surface area contributed by atoms with Gasteiger partial charge in [0.2, 0.25) is 0 Å². The second kappa shape index (κ2) is 11.3. The zero-order valence-electron chi connectivity index (χ0n) is 21.8. The van der Waals surface area contributed by atoms with E-state index in [-0.39, 0.29) is 12.3 Å². The fourth-order valence-electron chi connectivity index (χ4n) is 4.81. The summed E-state index contributed by atoms with van der Waals surface area (Å²) in [5, 5.41) is 13.5. The molecule has 4 rings (SSSR count). The van der Waals surface area contributed by atoms with E-state index in [9.17, 15) is 14.0 Å². The van der Waals surface area contributed by atoms with Crippen LogP contribution in [0.3, 0.4) is 0 Å². The Morgan fingerprint density at radius 1 is 1.08 bits per heavy atom. The molecule has 0 aliphatic heterocycles. The maximum Gasteiger partial charge on any atom is 0.303 e. The van der Waals surface area contributed by atoms with E-state index in [2.05, 4.69) is 5.32 Å². The molecule has 1 unspecified atom stereocenters. The predicted molar refractivity (Wildman–Crippen MR) is 147 cm³/mol. The van der Waals surface area contributed by atoms with Crippen molar-refractivity contribution in [2.24, 2.45) is 7.05 Å². The molecule has 3 aromatic carbocycles. The Balaban J connectivity index is 1.56. The molecule has 4 aromatic rings. The smallest absolute Gasteiger partial charge is 0.303 e. The summed E-state index contributed by atoms with van der Waals surface area (Å²) in [7, 11) is 1.84. The number of aliphatic carboxylic acids is 1. The van der Waals surface area contributed by atoms with Gasteiger partial charge in [0, 0.05) is 35.5 Å². The average Bonchev–Trinajstić information content (AvgIpc) is 3.10. The van der Waals surface area contributed by atoms with Gasteiger partial charge in [-0.15, -0.1) is 0 Å². The van der Waals surface area contributed by atoms with Gasteiger partial charge < -0.3 is 19.7 Å². The third-order valence-electron chi connectivity index (χ3n) is 6.80. The molecule has 0 aliphatic carbocycles. The largest absolute Gasteiger partial charge is 0.481 e. The van der Waals surface area contributed by atoms with E-state index in [0.29, 0.717) is 40.6 Å². The van der Waals surface area contributed by atoms with Crippen LogP contribution in [0.1, 0.15) is 58.5 Å². The average molecular weight is 537 g/mol. The van der Waals surface area contributed by atoms with Gasteiger partial charge in [0.05, 0.1) is 6.04 Å². The number of carbonyl (C=O) groups is 2. The van der Waals surface area contributed by atoms with Crippen LogP contribution >= 0.6 is 11.6 Å². The van der Waals surface area contributed by atoms with E-state index in [0.717, 1.165) is 27.6 Å². The Labute approximate surface area is 226 Å². The molecule has 6 nitrogen and oxygen atoms in total. The monoisotopic (exact) mass is 536 g/mol. The lowest BCUT2D eigenvalue weighted by molar-refractivity contribution is -0.136. The van der Waals surface area contributed by atoms with Crippen molar-refractivity contribution in [3.8, 4) is 11.5 Å². The molecule has 0 saturated carbocycles. The van der Waals surface area contributed by atoms with Gasteiger partial charge in [0.25, 0.3) is 5.91 Å². The summed E-state index contributed by atoms with van der Waals surface area (Å²) in [5.41, 5.74) is 4.64. The number of carbonyl (C=O) groups excluding carboxylic acids is 1. The van der Waals surface area contributed by atoms with Crippen molar-refractivity contribution in [1.29, 1.82) is 0 Å². The predicted octanol–water partition coefficient (Wildman–Crippen LogP) is 7.28. The Morgan fingerprint density at radius 3 is 2.53 bits per heavy atom. The number of nitrogens with one attached hydrogen (secondary N) is 1. The van der Waals surface area contributed by atoms with Crippen LogP contribution in [-0.4, -0.2) is 21.6 Å². The van der Waals surface area contributed by atoms with Gasteiger partial charge in [-0.05, 0) is 91.4 Å². The Bertz CT molecular complexity index is 1530. The van der Waals surface area contributed by atoms with E-state index in [1.165, 1.54) is 12.1 Å². The summed E-state index contributed by atoms with van der Waals surface area (Å²) in [5.74, 6) is -0.769. The molecule has 0 bridgehead atoms. The number of fused-ring (bicyclic) bond motifs is 1. The number of ether oxygens (including phenoxy) is 1. The van der Waals surface area contributed by atoms with Crippen LogP contribution in [0.4, 0.5) is 4.39 Å². The van der Waals surface area contributed by atoms with Gasteiger partial charge in [-0.1, -0.05) is 24.6 Å². The van der Waals surface area contributed by atoms with Crippen LogP contribution in [0.5, 0.6) is 11.5 Å². The molecule has 2 N–H and O–H groups in total. The highest BCUT2D eigenvalue weighted by Gasteiger charge is 2.22. The number of rotatable bonds is 9. The van der Waals surface area contributed by atoms with E-state index >= 15 is 0 Å². The molecule has 0 fully saturated rings. The number of halogens is 2. The number of hydrogen-bond acceptors (Lipinski definition) is 3. The minimum absolute atomic E-state index is 0.0461.